The first-order valence-corrected chi connectivity index (χ1v) is 35.7. The number of likely N-dealkylation sites (tertiary alicyclic amines) is 2. The summed E-state index contributed by atoms with van der Waals surface area (Å²) in [5.41, 5.74) is 35.9. The summed E-state index contributed by atoms with van der Waals surface area (Å²) < 4.78 is 6.28. The van der Waals surface area contributed by atoms with Crippen molar-refractivity contribution in [2.24, 2.45) is 0 Å². The van der Waals surface area contributed by atoms with Gasteiger partial charge in [0.05, 0.1) is 33.6 Å². The standard InChI is InChI=1S/C29H29N7O.C28H26N6O.C26H24N6/c1-2-31-29(37)35-15-12-21(13-16-35)28-34-25(26-27(30)32-14-17-36(26)28)22-9-8-20-10-11-23(33-24(20)18-22)19-6-4-3-5-7-19;1-18(35)33-14-11-21(12-15-33)28-32-25(26-27(29)30-13-16-34(26)28)22-8-7-20-9-10-23(31-24(20)17-22)19-5-3-2-4-6-19;27-25-24-23(31-26(32(24)15-14-29-25)19-10-12-28-13-11-19)20-7-6-18-8-9-21(30-22(18)16-20)17-4-2-1-3-5-17/h3-11,14,17-18,21H,2,12-13,15-16H2,1H3,(H2,30,32)(H,31,37);2-10,13,16-17,21H,11-12,14-15H2,1H3,(H2,29,30);1-9,14-16,19,28H,10-13H2,(H2,27,29). The van der Waals surface area contributed by atoms with E-state index in [2.05, 4.69) is 166 Å². The molecule has 3 amide bonds. The lowest BCUT2D eigenvalue weighted by molar-refractivity contribution is -0.129. The Labute approximate surface area is 601 Å². The summed E-state index contributed by atoms with van der Waals surface area (Å²) >= 11 is 0. The molecular weight excluding hydrogens is 1300 g/mol. The number of nitrogens with one attached hydrogen (secondary N) is 2. The molecule has 21 nitrogen and oxygen atoms in total. The number of fused-ring (bicyclic) bond motifs is 6. The van der Waals surface area contributed by atoms with E-state index in [-0.39, 0.29) is 23.8 Å². The Hall–Kier alpha value is -12.5. The summed E-state index contributed by atoms with van der Waals surface area (Å²) in [6, 6.07) is 61.9. The summed E-state index contributed by atoms with van der Waals surface area (Å²) in [5.74, 6) is 5.40. The summed E-state index contributed by atoms with van der Waals surface area (Å²) in [4.78, 5) is 71.1. The van der Waals surface area contributed by atoms with Crippen LogP contribution >= 0.6 is 0 Å². The number of anilines is 3. The number of hydrogen-bond donors (Lipinski definition) is 5. The molecule has 0 spiro atoms. The predicted molar refractivity (Wildman–Crippen MR) is 412 cm³/mol. The van der Waals surface area contributed by atoms with Crippen molar-refractivity contribution in [3.8, 4) is 67.5 Å². The zero-order valence-electron chi connectivity index (χ0n) is 58.0. The maximum atomic E-state index is 12.3. The van der Waals surface area contributed by atoms with Crippen LogP contribution < -0.4 is 27.8 Å². The van der Waals surface area contributed by atoms with E-state index in [4.69, 9.17) is 47.1 Å². The van der Waals surface area contributed by atoms with Crippen molar-refractivity contribution in [1.29, 1.82) is 0 Å². The maximum absolute atomic E-state index is 12.3. The first kappa shape index (κ1) is 66.1. The molecule has 12 heterocycles. The molecule has 104 heavy (non-hydrogen) atoms. The molecule has 0 aliphatic carbocycles. The van der Waals surface area contributed by atoms with Gasteiger partial charge in [-0.15, -0.1) is 0 Å². The molecule has 18 rings (SSSR count). The number of nitrogen functional groups attached to an aromatic ring is 3. The van der Waals surface area contributed by atoms with Gasteiger partial charge in [-0.2, -0.15) is 0 Å². The number of carbonyl (C=O) groups excluding carboxylic acids is 2. The molecule has 0 unspecified atom stereocenters. The number of imidazole rings is 3. The van der Waals surface area contributed by atoms with Gasteiger partial charge in [0.2, 0.25) is 5.91 Å². The summed E-state index contributed by atoms with van der Waals surface area (Å²) in [6.07, 6.45) is 16.6. The molecule has 3 fully saturated rings. The third-order valence-electron chi connectivity index (χ3n) is 20.4. The monoisotopic (exact) mass is 1370 g/mol. The van der Waals surface area contributed by atoms with Gasteiger partial charge in [0, 0.05) is 144 Å². The normalized spacial score (nSPS) is 14.6. The molecule has 0 bridgehead atoms. The molecule has 518 valence electrons. The van der Waals surface area contributed by atoms with Gasteiger partial charge in [-0.05, 0) is 94.9 Å². The van der Waals surface area contributed by atoms with E-state index in [9.17, 15) is 9.59 Å². The zero-order valence-corrected chi connectivity index (χ0v) is 58.0. The lowest BCUT2D eigenvalue weighted by Crippen LogP contribution is -2.44. The Balaban J connectivity index is 0.000000120. The lowest BCUT2D eigenvalue weighted by atomic mass is 9.96. The van der Waals surface area contributed by atoms with Crippen LogP contribution in [0.15, 0.2) is 219 Å². The van der Waals surface area contributed by atoms with Crippen LogP contribution in [0.2, 0.25) is 0 Å². The largest absolute Gasteiger partial charge is 0.382 e. The van der Waals surface area contributed by atoms with Gasteiger partial charge < -0.3 is 37.6 Å². The van der Waals surface area contributed by atoms with Crippen molar-refractivity contribution in [1.82, 2.24) is 78.5 Å². The highest BCUT2D eigenvalue weighted by Gasteiger charge is 2.31. The molecule has 21 heteroatoms. The van der Waals surface area contributed by atoms with Gasteiger partial charge in [0.1, 0.15) is 68.6 Å². The average Bonchev–Trinajstić information content (AvgIpc) is 1.62. The number of hydrogen-bond acceptors (Lipinski definition) is 15. The molecule has 6 aromatic carbocycles. The average molecular weight is 1370 g/mol. The van der Waals surface area contributed by atoms with Gasteiger partial charge in [-0.3, -0.25) is 18.0 Å². The zero-order chi connectivity index (χ0) is 70.8. The minimum atomic E-state index is 0.00148. The van der Waals surface area contributed by atoms with E-state index in [1.54, 1.807) is 25.5 Å². The predicted octanol–water partition coefficient (Wildman–Crippen LogP) is 14.7. The third-order valence-corrected chi connectivity index (χ3v) is 20.4. The van der Waals surface area contributed by atoms with E-state index in [1.165, 1.54) is 0 Å². The molecule has 8 N–H and O–H groups in total. The van der Waals surface area contributed by atoms with E-state index in [1.807, 2.05) is 89.9 Å². The Morgan fingerprint density at radius 3 is 1.08 bits per heavy atom. The Bertz CT molecular complexity index is 5660. The minimum Gasteiger partial charge on any atom is -0.382 e. The number of amides is 3. The second-order valence-electron chi connectivity index (χ2n) is 26.9. The van der Waals surface area contributed by atoms with Crippen LogP contribution in [0.5, 0.6) is 0 Å². The van der Waals surface area contributed by atoms with Gasteiger partial charge >= 0.3 is 6.03 Å². The number of carbonyl (C=O) groups is 2. The Morgan fingerprint density at radius 2 is 0.740 bits per heavy atom. The van der Waals surface area contributed by atoms with Crippen LogP contribution in [0, 0.1) is 0 Å². The molecular formula is C83H79N19O2. The number of nitrogens with two attached hydrogens (primary N) is 3. The minimum absolute atomic E-state index is 0.00148. The second-order valence-corrected chi connectivity index (χ2v) is 26.9. The topological polar surface area (TPSA) is 272 Å². The third kappa shape index (κ3) is 13.2. The van der Waals surface area contributed by atoms with Crippen molar-refractivity contribution in [2.45, 2.75) is 70.1 Å². The molecule has 9 aromatic heterocycles. The highest BCUT2D eigenvalue weighted by Crippen LogP contribution is 2.40. The Morgan fingerprint density at radius 1 is 0.413 bits per heavy atom. The van der Waals surface area contributed by atoms with Crippen molar-refractivity contribution in [3.05, 3.63) is 237 Å². The summed E-state index contributed by atoms with van der Waals surface area (Å²) in [7, 11) is 0. The van der Waals surface area contributed by atoms with Gasteiger partial charge in [0.15, 0.2) is 0 Å². The van der Waals surface area contributed by atoms with Gasteiger partial charge in [-0.1, -0.05) is 146 Å². The SMILES string of the molecule is CC(=O)N1CCC(c2nc(-c3ccc4ccc(-c5ccccc5)nc4c3)c3c(N)nccn23)CC1.CCNC(=O)N1CCC(c2nc(-c3ccc4ccc(-c5ccccc5)nc4c3)c3c(N)nccn23)CC1.Nc1nccn2c(C3CCNCC3)nc(-c3ccc4ccc(-c5ccccc5)nc4c3)c12. The molecule has 0 atom stereocenters. The van der Waals surface area contributed by atoms with Crippen LogP contribution in [0.3, 0.4) is 0 Å². The lowest BCUT2D eigenvalue weighted by Gasteiger charge is -2.31. The van der Waals surface area contributed by atoms with Crippen LogP contribution in [0.1, 0.15) is 87.6 Å². The second kappa shape index (κ2) is 28.9. The molecule has 3 saturated heterocycles. The van der Waals surface area contributed by atoms with E-state index >= 15 is 0 Å². The molecule has 3 aliphatic rings. The highest BCUT2D eigenvalue weighted by atomic mass is 16.2. The number of urea groups is 1. The molecule has 15 aromatic rings. The fourth-order valence-corrected chi connectivity index (χ4v) is 15.0. The summed E-state index contributed by atoms with van der Waals surface area (Å²) in [6.45, 7) is 9.10. The van der Waals surface area contributed by atoms with Crippen LogP contribution in [0.25, 0.3) is 117 Å². The van der Waals surface area contributed by atoms with Crippen molar-refractivity contribution in [3.63, 3.8) is 0 Å². The summed E-state index contributed by atoms with van der Waals surface area (Å²) in [5, 5.41) is 9.57. The first-order chi connectivity index (χ1) is 51.0. The van der Waals surface area contributed by atoms with Crippen LogP contribution in [-0.2, 0) is 4.79 Å². The first-order valence-electron chi connectivity index (χ1n) is 35.7. The van der Waals surface area contributed by atoms with Crippen LogP contribution in [-0.4, -0.2) is 126 Å². The van der Waals surface area contributed by atoms with E-state index in [0.29, 0.717) is 43.0 Å². The number of piperidine rings is 3. The highest BCUT2D eigenvalue weighted by molar-refractivity contribution is 5.95. The number of nitrogens with zero attached hydrogens (tertiary/aromatic N) is 14. The number of pyridine rings is 3. The van der Waals surface area contributed by atoms with Crippen molar-refractivity contribution >= 4 is 78.7 Å². The molecule has 0 radical (unpaired) electrons. The molecule has 3 aliphatic heterocycles. The van der Waals surface area contributed by atoms with Crippen molar-refractivity contribution in [2.75, 3.05) is 63.0 Å². The van der Waals surface area contributed by atoms with Crippen LogP contribution in [0.4, 0.5) is 22.2 Å². The van der Waals surface area contributed by atoms with Crippen molar-refractivity contribution < 1.29 is 9.59 Å². The fraction of sp³-hybridized carbons (Fsp3) is 0.217. The number of aromatic nitrogens is 12. The molecule has 0 saturated carbocycles. The van der Waals surface area contributed by atoms with E-state index < -0.39 is 0 Å². The fourth-order valence-electron chi connectivity index (χ4n) is 15.0. The Kier molecular flexibility index (Phi) is 18.3. The number of rotatable bonds is 10. The quantitative estimate of drug-likeness (QED) is 0.0852. The van der Waals surface area contributed by atoms with E-state index in [0.717, 1.165) is 199 Å². The van der Waals surface area contributed by atoms with Gasteiger partial charge in [0.25, 0.3) is 0 Å². The van der Waals surface area contributed by atoms with Gasteiger partial charge in [-0.25, -0.2) is 49.7 Å². The number of benzene rings is 6. The smallest absolute Gasteiger partial charge is 0.317 e. The maximum Gasteiger partial charge on any atom is 0.317 e.